The van der Waals surface area contributed by atoms with Crippen molar-refractivity contribution in [1.82, 2.24) is 9.38 Å². The van der Waals surface area contributed by atoms with Crippen LogP contribution in [0.3, 0.4) is 0 Å². The van der Waals surface area contributed by atoms with Crippen LogP contribution in [0.5, 0.6) is 0 Å². The first-order valence-electron chi connectivity index (χ1n) is 5.94. The maximum atomic E-state index is 13.9. The SMILES string of the molecule is CC(C)(N)c1nc(C2CC2)c2c(F)cccn12.Cl. The number of nitrogens with zero attached hydrogens (tertiary/aromatic N) is 2. The number of aromatic nitrogens is 2. The van der Waals surface area contributed by atoms with E-state index in [0.717, 1.165) is 24.4 Å². The van der Waals surface area contributed by atoms with E-state index in [1.54, 1.807) is 10.5 Å². The molecule has 98 valence electrons. The molecule has 0 unspecified atom stereocenters. The molecule has 1 fully saturated rings. The van der Waals surface area contributed by atoms with Crippen LogP contribution in [0.1, 0.15) is 44.1 Å². The monoisotopic (exact) mass is 269 g/mol. The van der Waals surface area contributed by atoms with E-state index in [-0.39, 0.29) is 18.2 Å². The molecule has 0 amide bonds. The molecule has 1 saturated carbocycles. The Balaban J connectivity index is 0.00000120. The highest BCUT2D eigenvalue weighted by atomic mass is 35.5. The highest BCUT2D eigenvalue weighted by Crippen LogP contribution is 2.42. The van der Waals surface area contributed by atoms with Crippen LogP contribution in [0.4, 0.5) is 4.39 Å². The van der Waals surface area contributed by atoms with Crippen LogP contribution >= 0.6 is 12.4 Å². The van der Waals surface area contributed by atoms with Crippen molar-refractivity contribution in [3.05, 3.63) is 35.7 Å². The minimum atomic E-state index is -0.566. The number of nitrogens with two attached hydrogens (primary N) is 1. The molecule has 0 aliphatic heterocycles. The van der Waals surface area contributed by atoms with Gasteiger partial charge in [0.25, 0.3) is 0 Å². The van der Waals surface area contributed by atoms with Crippen LogP contribution in [0, 0.1) is 5.82 Å². The van der Waals surface area contributed by atoms with Crippen molar-refractivity contribution in [3.63, 3.8) is 0 Å². The zero-order valence-electron chi connectivity index (χ0n) is 10.5. The summed E-state index contributed by atoms with van der Waals surface area (Å²) < 4.78 is 15.7. The maximum absolute atomic E-state index is 13.9. The third-order valence-electron chi connectivity index (χ3n) is 3.18. The van der Waals surface area contributed by atoms with Crippen LogP contribution in [-0.2, 0) is 5.54 Å². The summed E-state index contributed by atoms with van der Waals surface area (Å²) in [7, 11) is 0. The first-order valence-corrected chi connectivity index (χ1v) is 5.94. The molecule has 2 aromatic heterocycles. The summed E-state index contributed by atoms with van der Waals surface area (Å²) in [6, 6.07) is 3.17. The van der Waals surface area contributed by atoms with Gasteiger partial charge in [-0.05, 0) is 38.8 Å². The van der Waals surface area contributed by atoms with Gasteiger partial charge in [-0.2, -0.15) is 0 Å². The van der Waals surface area contributed by atoms with E-state index in [1.165, 1.54) is 6.07 Å². The Morgan fingerprint density at radius 2 is 2.11 bits per heavy atom. The van der Waals surface area contributed by atoms with Gasteiger partial charge in [0, 0.05) is 12.1 Å². The van der Waals surface area contributed by atoms with E-state index in [9.17, 15) is 4.39 Å². The molecule has 18 heavy (non-hydrogen) atoms. The number of fused-ring (bicyclic) bond motifs is 1. The second-order valence-corrected chi connectivity index (χ2v) is 5.39. The van der Waals surface area contributed by atoms with E-state index in [2.05, 4.69) is 4.98 Å². The molecular weight excluding hydrogens is 253 g/mol. The van der Waals surface area contributed by atoms with Gasteiger partial charge in [0.1, 0.15) is 17.2 Å². The third kappa shape index (κ3) is 1.99. The second-order valence-electron chi connectivity index (χ2n) is 5.39. The maximum Gasteiger partial charge on any atom is 0.149 e. The van der Waals surface area contributed by atoms with Crippen LogP contribution < -0.4 is 5.73 Å². The lowest BCUT2D eigenvalue weighted by atomic mass is 10.1. The van der Waals surface area contributed by atoms with Gasteiger partial charge in [0.2, 0.25) is 0 Å². The number of rotatable bonds is 2. The van der Waals surface area contributed by atoms with E-state index in [0.29, 0.717) is 11.4 Å². The van der Waals surface area contributed by atoms with E-state index >= 15 is 0 Å². The van der Waals surface area contributed by atoms with E-state index < -0.39 is 5.54 Å². The average molecular weight is 270 g/mol. The van der Waals surface area contributed by atoms with Gasteiger partial charge >= 0.3 is 0 Å². The molecule has 1 aliphatic carbocycles. The number of hydrogen-bond acceptors (Lipinski definition) is 2. The van der Waals surface area contributed by atoms with Gasteiger partial charge in [-0.15, -0.1) is 12.4 Å². The first-order chi connectivity index (χ1) is 7.98. The number of halogens is 2. The molecule has 0 spiro atoms. The van der Waals surface area contributed by atoms with Crippen molar-refractivity contribution in [1.29, 1.82) is 0 Å². The lowest BCUT2D eigenvalue weighted by Gasteiger charge is -2.16. The number of hydrogen-bond donors (Lipinski definition) is 1. The summed E-state index contributed by atoms with van der Waals surface area (Å²) in [6.07, 6.45) is 4.04. The molecule has 0 atom stereocenters. The fourth-order valence-electron chi connectivity index (χ4n) is 2.22. The van der Waals surface area contributed by atoms with Crippen LogP contribution in [0.15, 0.2) is 18.3 Å². The highest BCUT2D eigenvalue weighted by Gasteiger charge is 2.32. The first kappa shape index (κ1) is 13.3. The summed E-state index contributed by atoms with van der Waals surface area (Å²) in [5.41, 5.74) is 7.01. The van der Waals surface area contributed by atoms with Gasteiger partial charge in [0.05, 0.1) is 11.2 Å². The minimum Gasteiger partial charge on any atom is -0.319 e. The van der Waals surface area contributed by atoms with Gasteiger partial charge < -0.3 is 5.73 Å². The van der Waals surface area contributed by atoms with Gasteiger partial charge in [-0.25, -0.2) is 9.37 Å². The predicted molar refractivity (Wildman–Crippen MR) is 71.6 cm³/mol. The van der Waals surface area contributed by atoms with Gasteiger partial charge in [-0.3, -0.25) is 4.40 Å². The zero-order valence-corrected chi connectivity index (χ0v) is 11.3. The fraction of sp³-hybridized carbons (Fsp3) is 0.462. The quantitative estimate of drug-likeness (QED) is 0.911. The minimum absolute atomic E-state index is 0. The van der Waals surface area contributed by atoms with Crippen molar-refractivity contribution in [3.8, 4) is 0 Å². The van der Waals surface area contributed by atoms with Crippen molar-refractivity contribution in [2.24, 2.45) is 5.73 Å². The van der Waals surface area contributed by atoms with Gasteiger partial charge in [0.15, 0.2) is 0 Å². The zero-order chi connectivity index (χ0) is 12.2. The Labute approximate surface area is 112 Å². The molecule has 0 radical (unpaired) electrons. The molecular formula is C13H17ClFN3. The molecule has 0 saturated heterocycles. The van der Waals surface area contributed by atoms with Crippen molar-refractivity contribution in [2.75, 3.05) is 0 Å². The molecule has 0 aromatic carbocycles. The molecule has 2 heterocycles. The molecule has 2 aromatic rings. The summed E-state index contributed by atoms with van der Waals surface area (Å²) in [6.45, 7) is 3.78. The lowest BCUT2D eigenvalue weighted by Crippen LogP contribution is -2.31. The molecule has 1 aliphatic rings. The Morgan fingerprint density at radius 3 is 2.67 bits per heavy atom. The molecule has 3 rings (SSSR count). The largest absolute Gasteiger partial charge is 0.319 e. The van der Waals surface area contributed by atoms with Crippen molar-refractivity contribution >= 4 is 17.9 Å². The Morgan fingerprint density at radius 1 is 1.44 bits per heavy atom. The smallest absolute Gasteiger partial charge is 0.149 e. The van der Waals surface area contributed by atoms with Crippen molar-refractivity contribution < 1.29 is 4.39 Å². The Kier molecular flexibility index (Phi) is 3.11. The standard InChI is InChI=1S/C13H16FN3.ClH/c1-13(2,15)12-16-10(8-5-6-8)11-9(14)4-3-7-17(11)12;/h3-4,7-8H,5-6,15H2,1-2H3;1H. The number of pyridine rings is 1. The van der Waals surface area contributed by atoms with Crippen LogP contribution in [0.2, 0.25) is 0 Å². The Hall–Kier alpha value is -1.13. The molecule has 3 nitrogen and oxygen atoms in total. The molecule has 0 bridgehead atoms. The summed E-state index contributed by atoms with van der Waals surface area (Å²) >= 11 is 0. The highest BCUT2D eigenvalue weighted by molar-refractivity contribution is 5.85. The normalized spacial score (nSPS) is 15.8. The summed E-state index contributed by atoms with van der Waals surface area (Å²) in [5.74, 6) is 0.935. The average Bonchev–Trinajstić information content (AvgIpc) is 2.98. The topological polar surface area (TPSA) is 43.3 Å². The summed E-state index contributed by atoms with van der Waals surface area (Å²) in [4.78, 5) is 4.58. The Bertz CT molecular complexity index is 582. The predicted octanol–water partition coefficient (Wildman–Crippen LogP) is 2.97. The van der Waals surface area contributed by atoms with Crippen LogP contribution in [-0.4, -0.2) is 9.38 Å². The lowest BCUT2D eigenvalue weighted by molar-refractivity contribution is 0.509. The molecule has 2 N–H and O–H groups in total. The third-order valence-corrected chi connectivity index (χ3v) is 3.18. The van der Waals surface area contributed by atoms with Gasteiger partial charge in [-0.1, -0.05) is 0 Å². The second kappa shape index (κ2) is 4.21. The summed E-state index contributed by atoms with van der Waals surface area (Å²) in [5, 5.41) is 0. The molecule has 5 heteroatoms. The van der Waals surface area contributed by atoms with Crippen LogP contribution in [0.25, 0.3) is 5.52 Å². The van der Waals surface area contributed by atoms with E-state index in [4.69, 9.17) is 5.73 Å². The van der Waals surface area contributed by atoms with Crippen molar-refractivity contribution in [2.45, 2.75) is 38.1 Å². The fourth-order valence-corrected chi connectivity index (χ4v) is 2.22. The number of imidazole rings is 1. The van der Waals surface area contributed by atoms with E-state index in [1.807, 2.05) is 20.0 Å².